The summed E-state index contributed by atoms with van der Waals surface area (Å²) in [6.07, 6.45) is 0.224. The second-order valence-corrected chi connectivity index (χ2v) is 9.95. The van der Waals surface area contributed by atoms with Gasteiger partial charge in [0.1, 0.15) is 0 Å². The molecule has 0 aliphatic carbocycles. The quantitative estimate of drug-likeness (QED) is 0.355. The predicted octanol–water partition coefficient (Wildman–Crippen LogP) is 6.22. The van der Waals surface area contributed by atoms with Crippen molar-refractivity contribution in [2.45, 2.75) is 32.4 Å². The molecule has 0 fully saturated rings. The molecule has 0 aliphatic heterocycles. The number of aryl methyl sites for hydroxylation is 1. The number of Topliss-reactive ketones (excluding diaryl/α,β-unsaturated/α-hetero) is 1. The van der Waals surface area contributed by atoms with Crippen LogP contribution in [0.5, 0.6) is 0 Å². The van der Waals surface area contributed by atoms with Gasteiger partial charge in [-0.05, 0) is 37.7 Å². The van der Waals surface area contributed by atoms with Gasteiger partial charge in [0, 0.05) is 17.2 Å². The summed E-state index contributed by atoms with van der Waals surface area (Å²) in [5, 5.41) is -0.313. The lowest BCUT2D eigenvalue weighted by Crippen LogP contribution is -2.06. The number of carbonyl (C=O) groups excluding carboxylic acids is 1. The Kier molecular flexibility index (Phi) is 8.11. The molecule has 0 saturated heterocycles. The van der Waals surface area contributed by atoms with E-state index in [1.165, 1.54) is 0 Å². The highest BCUT2D eigenvalue weighted by Crippen LogP contribution is 2.66. The van der Waals surface area contributed by atoms with Crippen molar-refractivity contribution < 1.29 is 18.4 Å². The van der Waals surface area contributed by atoms with Gasteiger partial charge < -0.3 is 9.05 Å². The Hall–Kier alpha value is -1.39. The van der Waals surface area contributed by atoms with Gasteiger partial charge in [-0.3, -0.25) is 4.79 Å². The molecule has 0 saturated carbocycles. The van der Waals surface area contributed by atoms with E-state index in [4.69, 9.17) is 9.05 Å². The summed E-state index contributed by atoms with van der Waals surface area (Å²) in [5.74, 6) is 0.00385. The highest BCUT2D eigenvalue weighted by atomic mass is 32.7. The third-order valence-electron chi connectivity index (χ3n) is 3.71. The second kappa shape index (κ2) is 10.1. The molecule has 0 heterocycles. The van der Waals surface area contributed by atoms with Crippen molar-refractivity contribution in [1.82, 2.24) is 0 Å². The standard InChI is InChI=1S/C20H25O4PS/c1-4-23-25(22,24-5-2)26-20(18-13-9-10-16(3)14-18)15-19(21)17-11-7-6-8-12-17/h6-14,20H,4-5,15H2,1-3H3/t20-/m1/s1. The summed E-state index contributed by atoms with van der Waals surface area (Å²) >= 11 is 1.12. The first-order chi connectivity index (χ1) is 12.5. The Balaban J connectivity index is 2.30. The molecular formula is C20H25O4PS. The van der Waals surface area contributed by atoms with Crippen LogP contribution in [0.3, 0.4) is 0 Å². The summed E-state index contributed by atoms with van der Waals surface area (Å²) in [7, 11) is 0. The Morgan fingerprint density at radius 2 is 1.69 bits per heavy atom. The first kappa shape index (κ1) is 20.9. The van der Waals surface area contributed by atoms with Crippen molar-refractivity contribution in [3.05, 3.63) is 71.3 Å². The fraction of sp³-hybridized carbons (Fsp3) is 0.350. The third-order valence-corrected chi connectivity index (χ3v) is 7.98. The number of carbonyl (C=O) groups is 1. The van der Waals surface area contributed by atoms with Crippen molar-refractivity contribution in [2.75, 3.05) is 13.2 Å². The molecule has 0 amide bonds. The molecule has 6 heteroatoms. The SMILES string of the molecule is CCOP(=O)(OCC)S[C@H](CC(=O)c1ccccc1)c1cccc(C)c1. The molecule has 140 valence electrons. The van der Waals surface area contributed by atoms with E-state index in [9.17, 15) is 9.36 Å². The van der Waals surface area contributed by atoms with E-state index < -0.39 is 6.80 Å². The Morgan fingerprint density at radius 3 is 2.27 bits per heavy atom. The number of hydrogen-bond acceptors (Lipinski definition) is 5. The molecule has 26 heavy (non-hydrogen) atoms. The number of ketones is 1. The minimum atomic E-state index is -3.34. The number of hydrogen-bond donors (Lipinski definition) is 0. The fourth-order valence-electron chi connectivity index (χ4n) is 2.57. The molecule has 2 aromatic rings. The van der Waals surface area contributed by atoms with Crippen LogP contribution in [0, 0.1) is 6.92 Å². The smallest absolute Gasteiger partial charge is 0.301 e. The molecule has 0 bridgehead atoms. The molecule has 1 atom stereocenters. The zero-order chi connectivity index (χ0) is 19.0. The van der Waals surface area contributed by atoms with Gasteiger partial charge in [-0.15, -0.1) is 0 Å². The zero-order valence-corrected chi connectivity index (χ0v) is 17.1. The van der Waals surface area contributed by atoms with Gasteiger partial charge in [0.25, 0.3) is 0 Å². The molecule has 0 aromatic heterocycles. The maximum Gasteiger partial charge on any atom is 0.389 e. The van der Waals surface area contributed by atoms with Gasteiger partial charge in [-0.25, -0.2) is 4.57 Å². The molecular weight excluding hydrogens is 367 g/mol. The van der Waals surface area contributed by atoms with Crippen LogP contribution >= 0.6 is 18.2 Å². The topological polar surface area (TPSA) is 52.6 Å². The van der Waals surface area contributed by atoms with E-state index in [0.29, 0.717) is 5.56 Å². The van der Waals surface area contributed by atoms with Gasteiger partial charge in [0.05, 0.1) is 13.2 Å². The first-order valence-electron chi connectivity index (χ1n) is 8.69. The van der Waals surface area contributed by atoms with Crippen LogP contribution in [0.4, 0.5) is 0 Å². The van der Waals surface area contributed by atoms with Crippen LogP contribution in [-0.2, 0) is 13.6 Å². The number of rotatable bonds is 10. The number of benzene rings is 2. The van der Waals surface area contributed by atoms with Gasteiger partial charge in [-0.2, -0.15) is 0 Å². The van der Waals surface area contributed by atoms with Gasteiger partial charge in [-0.1, -0.05) is 60.2 Å². The van der Waals surface area contributed by atoms with Crippen LogP contribution in [0.15, 0.2) is 54.6 Å². The molecule has 0 unspecified atom stereocenters. The molecule has 0 N–H and O–H groups in total. The predicted molar refractivity (Wildman–Crippen MR) is 108 cm³/mol. The first-order valence-corrected chi connectivity index (χ1v) is 11.7. The molecule has 0 radical (unpaired) electrons. The summed E-state index contributed by atoms with van der Waals surface area (Å²) in [6, 6.07) is 17.0. The van der Waals surface area contributed by atoms with Crippen molar-refractivity contribution in [3.8, 4) is 0 Å². The van der Waals surface area contributed by atoms with Crippen LogP contribution in [0.1, 0.15) is 47.0 Å². The van der Waals surface area contributed by atoms with Gasteiger partial charge in [0.2, 0.25) is 0 Å². The molecule has 2 rings (SSSR count). The minimum Gasteiger partial charge on any atom is -0.301 e. The normalized spacial score (nSPS) is 12.7. The van der Waals surface area contributed by atoms with Crippen molar-refractivity contribution >= 4 is 24.0 Å². The Morgan fingerprint density at radius 1 is 1.04 bits per heavy atom. The lowest BCUT2D eigenvalue weighted by atomic mass is 10.0. The maximum atomic E-state index is 13.0. The van der Waals surface area contributed by atoms with Crippen molar-refractivity contribution in [1.29, 1.82) is 0 Å². The summed E-state index contributed by atoms with van der Waals surface area (Å²) in [4.78, 5) is 12.7. The highest BCUT2D eigenvalue weighted by molar-refractivity contribution is 8.55. The summed E-state index contributed by atoms with van der Waals surface area (Å²) in [5.41, 5.74) is 2.68. The maximum absolute atomic E-state index is 13.0. The van der Waals surface area contributed by atoms with Crippen LogP contribution in [0.2, 0.25) is 0 Å². The van der Waals surface area contributed by atoms with E-state index in [1.54, 1.807) is 26.0 Å². The molecule has 2 aromatic carbocycles. The highest BCUT2D eigenvalue weighted by Gasteiger charge is 2.32. The van der Waals surface area contributed by atoms with Crippen molar-refractivity contribution in [2.24, 2.45) is 0 Å². The van der Waals surface area contributed by atoms with E-state index in [0.717, 1.165) is 22.5 Å². The van der Waals surface area contributed by atoms with E-state index in [1.807, 2.05) is 49.4 Å². The minimum absolute atomic E-state index is 0.00385. The lowest BCUT2D eigenvalue weighted by molar-refractivity contribution is 0.0982. The summed E-state index contributed by atoms with van der Waals surface area (Å²) < 4.78 is 23.9. The molecule has 0 aliphatic rings. The van der Waals surface area contributed by atoms with Crippen molar-refractivity contribution in [3.63, 3.8) is 0 Å². The third kappa shape index (κ3) is 6.10. The Bertz CT molecular complexity index is 753. The second-order valence-electron chi connectivity index (χ2n) is 5.78. The zero-order valence-electron chi connectivity index (χ0n) is 15.4. The van der Waals surface area contributed by atoms with E-state index >= 15 is 0 Å². The lowest BCUT2D eigenvalue weighted by Gasteiger charge is -2.22. The van der Waals surface area contributed by atoms with Crippen LogP contribution in [0.25, 0.3) is 0 Å². The molecule has 4 nitrogen and oxygen atoms in total. The molecule has 0 spiro atoms. The van der Waals surface area contributed by atoms with Gasteiger partial charge in [0.15, 0.2) is 5.78 Å². The van der Waals surface area contributed by atoms with E-state index in [-0.39, 0.29) is 30.7 Å². The van der Waals surface area contributed by atoms with E-state index in [2.05, 4.69) is 0 Å². The average Bonchev–Trinajstić information content (AvgIpc) is 2.62. The summed E-state index contributed by atoms with van der Waals surface area (Å²) in [6.45, 7) is 2.80. The van der Waals surface area contributed by atoms with Gasteiger partial charge >= 0.3 is 6.80 Å². The van der Waals surface area contributed by atoms with Crippen LogP contribution < -0.4 is 0 Å². The monoisotopic (exact) mass is 392 g/mol. The van der Waals surface area contributed by atoms with Crippen LogP contribution in [-0.4, -0.2) is 19.0 Å². The largest absolute Gasteiger partial charge is 0.389 e. The fourth-order valence-corrected chi connectivity index (χ4v) is 6.72. The Labute approximate surface area is 159 Å². The average molecular weight is 392 g/mol.